The summed E-state index contributed by atoms with van der Waals surface area (Å²) in [6.07, 6.45) is 4.94. The molecule has 0 bridgehead atoms. The Bertz CT molecular complexity index is 324. The summed E-state index contributed by atoms with van der Waals surface area (Å²) in [4.78, 5) is 0. The van der Waals surface area contributed by atoms with Gasteiger partial charge in [-0.25, -0.2) is 4.68 Å². The first kappa shape index (κ1) is 9.61. The molecule has 1 heterocycles. The summed E-state index contributed by atoms with van der Waals surface area (Å²) in [5, 5.41) is 18.0. The summed E-state index contributed by atoms with van der Waals surface area (Å²) in [7, 11) is 1.79. The zero-order chi connectivity index (χ0) is 10.2. The van der Waals surface area contributed by atoms with Crippen LogP contribution >= 0.6 is 0 Å². The van der Waals surface area contributed by atoms with E-state index in [2.05, 4.69) is 10.3 Å². The van der Waals surface area contributed by atoms with E-state index in [1.165, 1.54) is 0 Å². The fourth-order valence-corrected chi connectivity index (χ4v) is 2.24. The molecule has 1 aliphatic rings. The molecule has 1 aromatic heterocycles. The van der Waals surface area contributed by atoms with Crippen molar-refractivity contribution in [3.8, 4) is 0 Å². The lowest BCUT2D eigenvalue weighted by Gasteiger charge is -2.34. The summed E-state index contributed by atoms with van der Waals surface area (Å²) in [6.45, 7) is 0. The van der Waals surface area contributed by atoms with Crippen molar-refractivity contribution in [3.63, 3.8) is 0 Å². The van der Waals surface area contributed by atoms with E-state index in [4.69, 9.17) is 5.73 Å². The van der Waals surface area contributed by atoms with E-state index >= 15 is 0 Å². The van der Waals surface area contributed by atoms with Gasteiger partial charge in [0.1, 0.15) is 5.60 Å². The Morgan fingerprint density at radius 3 is 3.07 bits per heavy atom. The molecule has 0 aromatic carbocycles. The van der Waals surface area contributed by atoms with Crippen LogP contribution in [0.4, 0.5) is 0 Å². The first-order valence-corrected chi connectivity index (χ1v) is 4.95. The lowest BCUT2D eigenvalue weighted by molar-refractivity contribution is -0.0142. The molecule has 0 radical (unpaired) electrons. The van der Waals surface area contributed by atoms with Crippen LogP contribution in [0.3, 0.4) is 0 Å². The van der Waals surface area contributed by atoms with Gasteiger partial charge in [0.05, 0.1) is 11.9 Å². The van der Waals surface area contributed by atoms with Gasteiger partial charge in [-0.05, 0) is 25.7 Å². The van der Waals surface area contributed by atoms with E-state index < -0.39 is 5.60 Å². The molecule has 0 saturated heterocycles. The Morgan fingerprint density at radius 2 is 2.50 bits per heavy atom. The van der Waals surface area contributed by atoms with Gasteiger partial charge in [-0.15, -0.1) is 5.10 Å². The normalized spacial score (nSPS) is 33.2. The Labute approximate surface area is 82.9 Å². The molecule has 0 aliphatic heterocycles. The average molecular weight is 196 g/mol. The van der Waals surface area contributed by atoms with Crippen LogP contribution in [0.25, 0.3) is 0 Å². The van der Waals surface area contributed by atoms with Gasteiger partial charge in [0.2, 0.25) is 0 Å². The maximum atomic E-state index is 10.4. The van der Waals surface area contributed by atoms with E-state index in [9.17, 15) is 5.11 Å². The summed E-state index contributed by atoms with van der Waals surface area (Å²) < 4.78 is 1.62. The van der Waals surface area contributed by atoms with Crippen LogP contribution in [0.2, 0.25) is 0 Å². The van der Waals surface area contributed by atoms with Crippen LogP contribution in [0.15, 0.2) is 6.20 Å². The van der Waals surface area contributed by atoms with Gasteiger partial charge < -0.3 is 10.8 Å². The number of nitrogens with two attached hydrogens (primary N) is 1. The minimum Gasteiger partial charge on any atom is -0.383 e. The first-order valence-electron chi connectivity index (χ1n) is 4.95. The molecule has 5 nitrogen and oxygen atoms in total. The SMILES string of the molecule is Cn1nncc1C1(O)CCCC(N)C1. The van der Waals surface area contributed by atoms with Crippen LogP contribution in [0, 0.1) is 0 Å². The molecule has 1 aromatic rings. The highest BCUT2D eigenvalue weighted by molar-refractivity contribution is 5.10. The molecule has 1 aliphatic carbocycles. The number of aliphatic hydroxyl groups is 1. The second kappa shape index (κ2) is 3.33. The zero-order valence-corrected chi connectivity index (χ0v) is 8.35. The third-order valence-electron chi connectivity index (χ3n) is 2.96. The molecule has 2 atom stereocenters. The van der Waals surface area contributed by atoms with Crippen molar-refractivity contribution in [1.29, 1.82) is 0 Å². The molecule has 1 fully saturated rings. The topological polar surface area (TPSA) is 77.0 Å². The van der Waals surface area contributed by atoms with Gasteiger partial charge in [-0.1, -0.05) is 5.21 Å². The number of aryl methyl sites for hydroxylation is 1. The highest BCUT2D eigenvalue weighted by atomic mass is 16.3. The van der Waals surface area contributed by atoms with Gasteiger partial charge in [0.15, 0.2) is 0 Å². The largest absolute Gasteiger partial charge is 0.383 e. The minimum absolute atomic E-state index is 0.0867. The monoisotopic (exact) mass is 196 g/mol. The van der Waals surface area contributed by atoms with Gasteiger partial charge >= 0.3 is 0 Å². The van der Waals surface area contributed by atoms with Gasteiger partial charge in [-0.3, -0.25) is 0 Å². The van der Waals surface area contributed by atoms with Crippen molar-refractivity contribution in [2.45, 2.75) is 37.3 Å². The van der Waals surface area contributed by atoms with Crippen LogP contribution in [-0.4, -0.2) is 26.1 Å². The van der Waals surface area contributed by atoms with Crippen LogP contribution < -0.4 is 5.73 Å². The summed E-state index contributed by atoms with van der Waals surface area (Å²) in [6, 6.07) is 0.0867. The third-order valence-corrected chi connectivity index (χ3v) is 2.96. The molecule has 3 N–H and O–H groups in total. The molecular formula is C9H16N4O. The predicted molar refractivity (Wildman–Crippen MR) is 51.3 cm³/mol. The second-order valence-corrected chi connectivity index (χ2v) is 4.13. The standard InChI is InChI=1S/C9H16N4O/c1-13-8(6-11-12-13)9(14)4-2-3-7(10)5-9/h6-7,14H,2-5,10H2,1H3. The van der Waals surface area contributed by atoms with Crippen molar-refractivity contribution >= 4 is 0 Å². The fourth-order valence-electron chi connectivity index (χ4n) is 2.24. The highest BCUT2D eigenvalue weighted by Crippen LogP contribution is 2.35. The van der Waals surface area contributed by atoms with Gasteiger partial charge in [0.25, 0.3) is 0 Å². The van der Waals surface area contributed by atoms with Crippen molar-refractivity contribution in [2.24, 2.45) is 12.8 Å². The quantitative estimate of drug-likeness (QED) is 0.657. The number of nitrogens with zero attached hydrogens (tertiary/aromatic N) is 3. The predicted octanol–water partition coefficient (Wildman–Crippen LogP) is -0.0960. The molecular weight excluding hydrogens is 180 g/mol. The average Bonchev–Trinajstić information content (AvgIpc) is 2.51. The molecule has 1 saturated carbocycles. The number of aromatic nitrogens is 3. The lowest BCUT2D eigenvalue weighted by Crippen LogP contribution is -2.40. The molecule has 2 rings (SSSR count). The molecule has 78 valence electrons. The van der Waals surface area contributed by atoms with Crippen LogP contribution in [0.1, 0.15) is 31.4 Å². The second-order valence-electron chi connectivity index (χ2n) is 4.13. The number of hydrogen-bond acceptors (Lipinski definition) is 4. The molecule has 5 heteroatoms. The maximum Gasteiger partial charge on any atom is 0.109 e. The van der Waals surface area contributed by atoms with E-state index in [1.54, 1.807) is 17.9 Å². The molecule has 0 amide bonds. The number of rotatable bonds is 1. The Balaban J connectivity index is 2.27. The first-order chi connectivity index (χ1) is 6.62. The third kappa shape index (κ3) is 1.53. The Kier molecular flexibility index (Phi) is 2.28. The van der Waals surface area contributed by atoms with Gasteiger partial charge in [-0.2, -0.15) is 0 Å². The van der Waals surface area contributed by atoms with Crippen LogP contribution in [0.5, 0.6) is 0 Å². The van der Waals surface area contributed by atoms with Crippen molar-refractivity contribution in [2.75, 3.05) is 0 Å². The summed E-state index contributed by atoms with van der Waals surface area (Å²) in [5.74, 6) is 0. The lowest BCUT2D eigenvalue weighted by atomic mass is 9.80. The minimum atomic E-state index is -0.823. The van der Waals surface area contributed by atoms with Crippen molar-refractivity contribution in [3.05, 3.63) is 11.9 Å². The van der Waals surface area contributed by atoms with Crippen molar-refractivity contribution in [1.82, 2.24) is 15.0 Å². The maximum absolute atomic E-state index is 10.4. The summed E-state index contributed by atoms with van der Waals surface area (Å²) in [5.41, 5.74) is 5.80. The molecule has 14 heavy (non-hydrogen) atoms. The number of hydrogen-bond donors (Lipinski definition) is 2. The molecule has 0 spiro atoms. The zero-order valence-electron chi connectivity index (χ0n) is 8.35. The smallest absolute Gasteiger partial charge is 0.109 e. The van der Waals surface area contributed by atoms with E-state index in [1.807, 2.05) is 0 Å². The van der Waals surface area contributed by atoms with Crippen molar-refractivity contribution < 1.29 is 5.11 Å². The fraction of sp³-hybridized carbons (Fsp3) is 0.778. The summed E-state index contributed by atoms with van der Waals surface area (Å²) >= 11 is 0. The van der Waals surface area contributed by atoms with E-state index in [-0.39, 0.29) is 6.04 Å². The van der Waals surface area contributed by atoms with E-state index in [0.717, 1.165) is 25.0 Å². The Morgan fingerprint density at radius 1 is 1.71 bits per heavy atom. The Hall–Kier alpha value is -0.940. The van der Waals surface area contributed by atoms with E-state index in [0.29, 0.717) is 6.42 Å². The highest BCUT2D eigenvalue weighted by Gasteiger charge is 2.37. The molecule has 2 unspecified atom stereocenters. The van der Waals surface area contributed by atoms with Gasteiger partial charge in [0, 0.05) is 13.1 Å². The van der Waals surface area contributed by atoms with Crippen LogP contribution in [-0.2, 0) is 12.6 Å².